The first-order valence-electron chi connectivity index (χ1n) is 10.6. The van der Waals surface area contributed by atoms with E-state index in [1.165, 1.54) is 8.99 Å². The van der Waals surface area contributed by atoms with Crippen molar-refractivity contribution in [3.63, 3.8) is 0 Å². The summed E-state index contributed by atoms with van der Waals surface area (Å²) in [4.78, 5) is 15.1. The average molecular weight is 487 g/mol. The average Bonchev–Trinajstić information content (AvgIpc) is 2.77. The van der Waals surface area contributed by atoms with E-state index in [9.17, 15) is 17.6 Å². The lowest BCUT2D eigenvalue weighted by atomic mass is 10.3. The molecule has 2 heterocycles. The van der Waals surface area contributed by atoms with Gasteiger partial charge >= 0.3 is 5.56 Å². The Balaban J connectivity index is 1.90. The molecular weight excluding hydrogens is 459 g/mol. The monoisotopic (exact) mass is 486 g/mol. The van der Waals surface area contributed by atoms with E-state index in [4.69, 9.17) is 16.3 Å². The van der Waals surface area contributed by atoms with Crippen molar-refractivity contribution in [3.8, 4) is 11.4 Å². The number of unbranched alkanes of at least 4 members (excludes halogenated alkanes) is 1. The fourth-order valence-electron chi connectivity index (χ4n) is 3.43. The van der Waals surface area contributed by atoms with E-state index in [1.54, 1.807) is 44.3 Å². The third kappa shape index (κ3) is 5.41. The summed E-state index contributed by atoms with van der Waals surface area (Å²) >= 11 is 6.06. The van der Waals surface area contributed by atoms with Crippen LogP contribution in [0.3, 0.4) is 0 Å². The van der Waals surface area contributed by atoms with Crippen molar-refractivity contribution >= 4 is 27.3 Å². The molecule has 0 aliphatic carbocycles. The number of hydrogen-bond donors (Lipinski definition) is 0. The lowest BCUT2D eigenvalue weighted by molar-refractivity contribution is 0.290. The first-order valence-corrected chi connectivity index (χ1v) is 12.4. The standard InChI is InChI=1S/C21H28ClFN4O4S/c1-16(2)32(29,30)26-11-9-25(10-12-26)19-15-24-27(18-7-5-6-17(22)14-18)21(28)20(19)31-13-4-3-8-23/h5-7,14-16H,3-4,8-13H2,1-2H3. The summed E-state index contributed by atoms with van der Waals surface area (Å²) in [6.45, 7) is 4.45. The van der Waals surface area contributed by atoms with Crippen LogP contribution in [0, 0.1) is 0 Å². The van der Waals surface area contributed by atoms with Crippen LogP contribution in [0.15, 0.2) is 35.3 Å². The number of anilines is 1. The fraction of sp³-hybridized carbons (Fsp3) is 0.524. The van der Waals surface area contributed by atoms with Crippen molar-refractivity contribution in [2.75, 3.05) is 44.4 Å². The molecule has 1 fully saturated rings. The van der Waals surface area contributed by atoms with Crippen molar-refractivity contribution < 1.29 is 17.5 Å². The van der Waals surface area contributed by atoms with Gasteiger partial charge in [-0.1, -0.05) is 17.7 Å². The van der Waals surface area contributed by atoms with Crippen LogP contribution in [0.25, 0.3) is 5.69 Å². The molecule has 176 valence electrons. The summed E-state index contributed by atoms with van der Waals surface area (Å²) in [6, 6.07) is 6.75. The summed E-state index contributed by atoms with van der Waals surface area (Å²) in [5.74, 6) is 0.110. The Kier molecular flexibility index (Phi) is 8.13. The summed E-state index contributed by atoms with van der Waals surface area (Å²) in [5.41, 5.74) is 0.535. The van der Waals surface area contributed by atoms with Crippen LogP contribution < -0.4 is 15.2 Å². The molecule has 0 unspecified atom stereocenters. The van der Waals surface area contributed by atoms with Gasteiger partial charge < -0.3 is 9.64 Å². The Bertz CT molecular complexity index is 1090. The molecule has 0 N–H and O–H groups in total. The van der Waals surface area contributed by atoms with E-state index < -0.39 is 27.5 Å². The predicted octanol–water partition coefficient (Wildman–Crippen LogP) is 2.87. The van der Waals surface area contributed by atoms with Gasteiger partial charge in [0.15, 0.2) is 0 Å². The summed E-state index contributed by atoms with van der Waals surface area (Å²) in [7, 11) is -3.35. The van der Waals surface area contributed by atoms with E-state index in [2.05, 4.69) is 5.10 Å². The van der Waals surface area contributed by atoms with Gasteiger partial charge in [-0.25, -0.2) is 8.42 Å². The van der Waals surface area contributed by atoms with E-state index in [-0.39, 0.29) is 12.4 Å². The van der Waals surface area contributed by atoms with Crippen LogP contribution in [0.1, 0.15) is 26.7 Å². The van der Waals surface area contributed by atoms with Crippen LogP contribution in [0.5, 0.6) is 5.75 Å². The third-order valence-electron chi connectivity index (χ3n) is 5.28. The molecule has 1 saturated heterocycles. The van der Waals surface area contributed by atoms with Gasteiger partial charge in [0.25, 0.3) is 0 Å². The maximum Gasteiger partial charge on any atom is 0.316 e. The van der Waals surface area contributed by atoms with Gasteiger partial charge in [0.05, 0.1) is 30.4 Å². The Labute approximate surface area is 192 Å². The highest BCUT2D eigenvalue weighted by atomic mass is 35.5. The predicted molar refractivity (Wildman–Crippen MR) is 123 cm³/mol. The molecule has 8 nitrogen and oxygen atoms in total. The van der Waals surface area contributed by atoms with Gasteiger partial charge in [-0.05, 0) is 44.9 Å². The number of halogens is 2. The molecule has 0 amide bonds. The maximum atomic E-state index is 13.2. The Morgan fingerprint density at radius 1 is 1.19 bits per heavy atom. The number of ether oxygens (including phenoxy) is 1. The van der Waals surface area contributed by atoms with Crippen LogP contribution in [0.2, 0.25) is 5.02 Å². The van der Waals surface area contributed by atoms with E-state index >= 15 is 0 Å². The normalized spacial score (nSPS) is 15.3. The highest BCUT2D eigenvalue weighted by Gasteiger charge is 2.31. The van der Waals surface area contributed by atoms with Gasteiger partial charge in [-0.15, -0.1) is 0 Å². The quantitative estimate of drug-likeness (QED) is 0.507. The third-order valence-corrected chi connectivity index (χ3v) is 7.79. The number of benzene rings is 1. The number of hydrogen-bond acceptors (Lipinski definition) is 6. The second-order valence-corrected chi connectivity index (χ2v) is 10.7. The molecule has 1 aromatic heterocycles. The highest BCUT2D eigenvalue weighted by molar-refractivity contribution is 7.89. The Morgan fingerprint density at radius 3 is 2.53 bits per heavy atom. The zero-order valence-corrected chi connectivity index (χ0v) is 19.8. The molecule has 1 aliphatic rings. The lowest BCUT2D eigenvalue weighted by Gasteiger charge is -2.36. The van der Waals surface area contributed by atoms with Crippen molar-refractivity contribution in [1.82, 2.24) is 14.1 Å². The lowest BCUT2D eigenvalue weighted by Crippen LogP contribution is -2.50. The summed E-state index contributed by atoms with van der Waals surface area (Å²) < 4.78 is 45.9. The van der Waals surface area contributed by atoms with Gasteiger partial charge in [0.2, 0.25) is 15.8 Å². The van der Waals surface area contributed by atoms with Gasteiger partial charge in [0.1, 0.15) is 5.69 Å². The first-order chi connectivity index (χ1) is 15.3. The van der Waals surface area contributed by atoms with Crippen molar-refractivity contribution in [3.05, 3.63) is 45.8 Å². The summed E-state index contributed by atoms with van der Waals surface area (Å²) in [6.07, 6.45) is 2.35. The molecule has 0 bridgehead atoms. The number of alkyl halides is 1. The Morgan fingerprint density at radius 2 is 1.91 bits per heavy atom. The van der Waals surface area contributed by atoms with E-state index in [1.807, 2.05) is 4.90 Å². The minimum atomic E-state index is -3.35. The van der Waals surface area contributed by atoms with Crippen molar-refractivity contribution in [2.45, 2.75) is 31.9 Å². The van der Waals surface area contributed by atoms with Gasteiger partial charge in [-0.2, -0.15) is 14.1 Å². The van der Waals surface area contributed by atoms with E-state index in [0.717, 1.165) is 0 Å². The summed E-state index contributed by atoms with van der Waals surface area (Å²) in [5, 5.41) is 4.27. The number of piperazine rings is 1. The molecule has 2 aromatic rings. The molecule has 0 saturated carbocycles. The number of sulfonamides is 1. The van der Waals surface area contributed by atoms with Crippen LogP contribution >= 0.6 is 11.6 Å². The minimum absolute atomic E-state index is 0.110. The number of nitrogens with zero attached hydrogens (tertiary/aromatic N) is 4. The molecule has 1 aliphatic heterocycles. The van der Waals surface area contributed by atoms with Gasteiger partial charge in [-0.3, -0.25) is 9.18 Å². The minimum Gasteiger partial charge on any atom is -0.486 e. The second kappa shape index (κ2) is 10.6. The zero-order valence-electron chi connectivity index (χ0n) is 18.2. The maximum absolute atomic E-state index is 13.2. The number of rotatable bonds is 9. The van der Waals surface area contributed by atoms with Crippen molar-refractivity contribution in [2.24, 2.45) is 0 Å². The highest BCUT2D eigenvalue weighted by Crippen LogP contribution is 2.27. The molecule has 1 aromatic carbocycles. The second-order valence-electron chi connectivity index (χ2n) is 7.78. The molecule has 0 radical (unpaired) electrons. The molecular formula is C21H28ClFN4O4S. The van der Waals surface area contributed by atoms with Crippen LogP contribution in [0.4, 0.5) is 10.1 Å². The van der Waals surface area contributed by atoms with Gasteiger partial charge in [0, 0.05) is 31.2 Å². The van der Waals surface area contributed by atoms with Crippen LogP contribution in [-0.2, 0) is 10.0 Å². The molecule has 0 atom stereocenters. The first kappa shape index (κ1) is 24.5. The fourth-order valence-corrected chi connectivity index (χ4v) is 4.89. The Hall–Kier alpha value is -2.17. The molecule has 0 spiro atoms. The smallest absolute Gasteiger partial charge is 0.316 e. The zero-order chi connectivity index (χ0) is 23.3. The largest absolute Gasteiger partial charge is 0.486 e. The molecule has 11 heteroatoms. The topological polar surface area (TPSA) is 84.7 Å². The molecule has 32 heavy (non-hydrogen) atoms. The SMILES string of the molecule is CC(C)S(=O)(=O)N1CCN(c2cnn(-c3cccc(Cl)c3)c(=O)c2OCCCCF)CC1. The number of aromatic nitrogens is 2. The van der Waals surface area contributed by atoms with Crippen LogP contribution in [-0.4, -0.2) is 67.2 Å². The van der Waals surface area contributed by atoms with Crippen molar-refractivity contribution in [1.29, 1.82) is 0 Å². The van der Waals surface area contributed by atoms with E-state index in [0.29, 0.717) is 55.4 Å². The molecule has 3 rings (SSSR count).